The number of pyridine rings is 1. The minimum atomic E-state index is -0.443. The van der Waals surface area contributed by atoms with E-state index in [2.05, 4.69) is 33.7 Å². The molecule has 0 atom stereocenters. The van der Waals surface area contributed by atoms with Crippen molar-refractivity contribution in [3.63, 3.8) is 0 Å². The highest BCUT2D eigenvalue weighted by atomic mass is 35.5. The molecule has 4 rings (SSSR count). The molecule has 0 spiro atoms. The summed E-state index contributed by atoms with van der Waals surface area (Å²) in [6.45, 7) is 0.410. The number of amides is 1. The molecule has 0 fully saturated rings. The first-order valence-corrected chi connectivity index (χ1v) is 10.2. The smallest absolute Gasteiger partial charge is 0.274 e. The number of halogens is 1. The van der Waals surface area contributed by atoms with Crippen molar-refractivity contribution < 1.29 is 14.3 Å². The van der Waals surface area contributed by atoms with E-state index in [0.29, 0.717) is 18.1 Å². The van der Waals surface area contributed by atoms with Crippen LogP contribution >= 0.6 is 11.6 Å². The summed E-state index contributed by atoms with van der Waals surface area (Å²) < 4.78 is 11.5. The Bertz CT molecular complexity index is 1290. The average Bonchev–Trinajstić information content (AvgIpc) is 2.83. The van der Waals surface area contributed by atoms with Gasteiger partial charge in [0.2, 0.25) is 0 Å². The first-order chi connectivity index (χ1) is 15.7. The van der Waals surface area contributed by atoms with E-state index in [1.807, 2.05) is 36.4 Å². The van der Waals surface area contributed by atoms with Gasteiger partial charge >= 0.3 is 0 Å². The molecule has 4 aromatic rings. The summed E-state index contributed by atoms with van der Waals surface area (Å²) in [5.41, 5.74) is 4.51. The van der Waals surface area contributed by atoms with Crippen molar-refractivity contribution in [2.24, 2.45) is 5.10 Å². The standard InChI is InChI=1S/C25H20ClN3O3/c1-31-23-14-17(15-28-29-25(30)21-10-5-13-27-24(21)26)11-12-22(23)32-16-19-8-4-7-18-6-2-3-9-20(18)19/h2-15H,16H2,1H3,(H,29,30). The summed E-state index contributed by atoms with van der Waals surface area (Å²) in [6, 6.07) is 23.0. The minimum Gasteiger partial charge on any atom is -0.493 e. The number of rotatable bonds is 7. The maximum Gasteiger partial charge on any atom is 0.274 e. The van der Waals surface area contributed by atoms with Crippen molar-refractivity contribution in [3.8, 4) is 11.5 Å². The molecule has 160 valence electrons. The Balaban J connectivity index is 1.44. The van der Waals surface area contributed by atoms with Crippen LogP contribution in [0.5, 0.6) is 11.5 Å². The summed E-state index contributed by atoms with van der Waals surface area (Å²) in [5.74, 6) is 0.737. The lowest BCUT2D eigenvalue weighted by atomic mass is 10.1. The predicted molar refractivity (Wildman–Crippen MR) is 126 cm³/mol. The number of hydrazone groups is 1. The number of aromatic nitrogens is 1. The number of carbonyl (C=O) groups excluding carboxylic acids is 1. The third-order valence-electron chi connectivity index (χ3n) is 4.83. The lowest BCUT2D eigenvalue weighted by Crippen LogP contribution is -2.18. The molecule has 1 heterocycles. The minimum absolute atomic E-state index is 0.120. The number of benzene rings is 3. The number of fused-ring (bicyclic) bond motifs is 1. The molecule has 0 unspecified atom stereocenters. The number of ether oxygens (including phenoxy) is 2. The van der Waals surface area contributed by atoms with Crippen molar-refractivity contribution in [1.82, 2.24) is 10.4 Å². The van der Waals surface area contributed by atoms with E-state index in [9.17, 15) is 4.79 Å². The van der Waals surface area contributed by atoms with Crippen LogP contribution in [0, 0.1) is 0 Å². The number of hydrogen-bond acceptors (Lipinski definition) is 5. The second-order valence-electron chi connectivity index (χ2n) is 6.88. The highest BCUT2D eigenvalue weighted by Gasteiger charge is 2.10. The molecular weight excluding hydrogens is 426 g/mol. The van der Waals surface area contributed by atoms with Gasteiger partial charge in [0, 0.05) is 6.20 Å². The molecule has 0 aliphatic carbocycles. The van der Waals surface area contributed by atoms with Crippen molar-refractivity contribution >= 4 is 34.5 Å². The van der Waals surface area contributed by atoms with Crippen molar-refractivity contribution in [2.45, 2.75) is 6.61 Å². The van der Waals surface area contributed by atoms with Crippen LogP contribution in [-0.2, 0) is 6.61 Å². The van der Waals surface area contributed by atoms with E-state index in [1.165, 1.54) is 17.8 Å². The maximum atomic E-state index is 12.2. The third kappa shape index (κ3) is 4.87. The van der Waals surface area contributed by atoms with E-state index < -0.39 is 5.91 Å². The SMILES string of the molecule is COc1cc(C=NNC(=O)c2cccnc2Cl)ccc1OCc1cccc2ccccc12. The van der Waals surface area contributed by atoms with Gasteiger partial charge in [-0.1, -0.05) is 54.1 Å². The zero-order chi connectivity index (χ0) is 22.3. The lowest BCUT2D eigenvalue weighted by molar-refractivity contribution is 0.0955. The van der Waals surface area contributed by atoms with E-state index in [-0.39, 0.29) is 10.7 Å². The van der Waals surface area contributed by atoms with E-state index in [4.69, 9.17) is 21.1 Å². The first kappa shape index (κ1) is 21.3. The molecule has 1 amide bonds. The topological polar surface area (TPSA) is 72.8 Å². The summed E-state index contributed by atoms with van der Waals surface area (Å²) >= 11 is 5.92. The van der Waals surface area contributed by atoms with Gasteiger partial charge in [-0.05, 0) is 52.2 Å². The van der Waals surface area contributed by atoms with Crippen LogP contribution in [0.4, 0.5) is 0 Å². The van der Waals surface area contributed by atoms with Crippen molar-refractivity contribution in [1.29, 1.82) is 0 Å². The third-order valence-corrected chi connectivity index (χ3v) is 5.14. The van der Waals surface area contributed by atoms with E-state index >= 15 is 0 Å². The molecule has 0 aliphatic rings. The second kappa shape index (κ2) is 9.94. The molecular formula is C25H20ClN3O3. The van der Waals surface area contributed by atoms with Crippen LogP contribution in [0.1, 0.15) is 21.5 Å². The Morgan fingerprint density at radius 3 is 2.75 bits per heavy atom. The Hall–Kier alpha value is -3.90. The fourth-order valence-corrected chi connectivity index (χ4v) is 3.44. The molecule has 7 heteroatoms. The molecule has 3 aromatic carbocycles. The van der Waals surface area contributed by atoms with Gasteiger partial charge < -0.3 is 9.47 Å². The lowest BCUT2D eigenvalue weighted by Gasteiger charge is -2.12. The Labute approximate surface area is 190 Å². The van der Waals surface area contributed by atoms with Crippen molar-refractivity contribution in [2.75, 3.05) is 7.11 Å². The normalized spacial score (nSPS) is 10.9. The van der Waals surface area contributed by atoms with E-state index in [1.54, 1.807) is 25.3 Å². The molecule has 0 aliphatic heterocycles. The molecule has 0 saturated heterocycles. The largest absolute Gasteiger partial charge is 0.493 e. The highest BCUT2D eigenvalue weighted by Crippen LogP contribution is 2.29. The summed E-state index contributed by atoms with van der Waals surface area (Å²) in [5, 5.41) is 6.43. The van der Waals surface area contributed by atoms with Crippen LogP contribution in [0.25, 0.3) is 10.8 Å². The fourth-order valence-electron chi connectivity index (χ4n) is 3.24. The molecule has 6 nitrogen and oxygen atoms in total. The van der Waals surface area contributed by atoms with Gasteiger partial charge in [0.15, 0.2) is 11.5 Å². The molecule has 0 saturated carbocycles. The number of methoxy groups -OCH3 is 1. The van der Waals surface area contributed by atoms with Gasteiger partial charge in [-0.2, -0.15) is 5.10 Å². The Kier molecular flexibility index (Phi) is 6.63. The molecule has 0 radical (unpaired) electrons. The van der Waals surface area contributed by atoms with Crippen LogP contribution in [0.2, 0.25) is 5.15 Å². The highest BCUT2D eigenvalue weighted by molar-refractivity contribution is 6.32. The molecule has 32 heavy (non-hydrogen) atoms. The van der Waals surface area contributed by atoms with Gasteiger partial charge in [0.1, 0.15) is 11.8 Å². The molecule has 0 bridgehead atoms. The van der Waals surface area contributed by atoms with Gasteiger partial charge in [-0.25, -0.2) is 10.4 Å². The first-order valence-electron chi connectivity index (χ1n) is 9.87. The number of nitrogens with one attached hydrogen (secondary N) is 1. The number of carbonyl (C=O) groups is 1. The summed E-state index contributed by atoms with van der Waals surface area (Å²) in [4.78, 5) is 16.0. The van der Waals surface area contributed by atoms with Crippen LogP contribution in [0.15, 0.2) is 84.1 Å². The Morgan fingerprint density at radius 2 is 1.91 bits per heavy atom. The average molecular weight is 446 g/mol. The zero-order valence-electron chi connectivity index (χ0n) is 17.3. The van der Waals surface area contributed by atoms with Gasteiger partial charge in [-0.3, -0.25) is 4.79 Å². The molecule has 1 aromatic heterocycles. The van der Waals surface area contributed by atoms with Crippen molar-refractivity contribution in [3.05, 3.63) is 101 Å². The monoisotopic (exact) mass is 445 g/mol. The zero-order valence-corrected chi connectivity index (χ0v) is 18.0. The quantitative estimate of drug-likeness (QED) is 0.240. The molecule has 1 N–H and O–H groups in total. The fraction of sp³-hybridized carbons (Fsp3) is 0.0800. The van der Waals surface area contributed by atoms with Crippen LogP contribution in [0.3, 0.4) is 0 Å². The predicted octanol–water partition coefficient (Wildman–Crippen LogP) is 5.24. The number of hydrogen-bond donors (Lipinski definition) is 1. The maximum absolute atomic E-state index is 12.2. The van der Waals surface area contributed by atoms with Gasteiger partial charge in [-0.15, -0.1) is 0 Å². The summed E-state index contributed by atoms with van der Waals surface area (Å²) in [7, 11) is 1.58. The van der Waals surface area contributed by atoms with Gasteiger partial charge in [0.25, 0.3) is 5.91 Å². The van der Waals surface area contributed by atoms with E-state index in [0.717, 1.165) is 16.5 Å². The number of nitrogens with zero attached hydrogens (tertiary/aromatic N) is 2. The van der Waals surface area contributed by atoms with Gasteiger partial charge in [0.05, 0.1) is 18.9 Å². The summed E-state index contributed by atoms with van der Waals surface area (Å²) in [6.07, 6.45) is 3.03. The van der Waals surface area contributed by atoms with Crippen LogP contribution in [-0.4, -0.2) is 24.2 Å². The Morgan fingerprint density at radius 1 is 1.06 bits per heavy atom. The second-order valence-corrected chi connectivity index (χ2v) is 7.24. The van der Waals surface area contributed by atoms with Crippen LogP contribution < -0.4 is 14.9 Å².